The van der Waals surface area contributed by atoms with Gasteiger partial charge in [0.05, 0.1) is 19.0 Å². The number of para-hydroxylation sites is 1. The Balaban J connectivity index is 1.55. The molecule has 0 amide bonds. The van der Waals surface area contributed by atoms with Crippen LogP contribution >= 0.6 is 0 Å². The number of fused-ring (bicyclic) bond motifs is 1. The molecule has 2 heterocycles. The normalized spacial score (nSPS) is 18.0. The van der Waals surface area contributed by atoms with Crippen molar-refractivity contribution in [3.63, 3.8) is 0 Å². The Morgan fingerprint density at radius 3 is 2.73 bits per heavy atom. The maximum absolute atomic E-state index is 12.7. The fraction of sp³-hybridized carbons (Fsp3) is 0.391. The van der Waals surface area contributed by atoms with Crippen molar-refractivity contribution >= 4 is 20.9 Å². The number of rotatable bonds is 9. The first-order valence-electron chi connectivity index (χ1n) is 10.3. The average Bonchev–Trinajstić information content (AvgIpc) is 3.43. The first-order valence-corrected chi connectivity index (χ1v) is 12.0. The van der Waals surface area contributed by atoms with Gasteiger partial charge in [-0.3, -0.25) is 0 Å². The molecule has 1 saturated heterocycles. The predicted molar refractivity (Wildman–Crippen MR) is 119 cm³/mol. The smallest absolute Gasteiger partial charge is 0.211 e. The van der Waals surface area contributed by atoms with E-state index >= 15 is 0 Å². The number of hydrogen-bond donors (Lipinski definition) is 2. The van der Waals surface area contributed by atoms with Gasteiger partial charge >= 0.3 is 0 Å². The number of sulfonamides is 1. The number of H-pyrrole nitrogens is 1. The molecule has 1 aliphatic rings. The van der Waals surface area contributed by atoms with Gasteiger partial charge in [0, 0.05) is 36.2 Å². The SMILES string of the molecule is COc1ccc([C@H](CNS(=O)(=O)CC[C@@H]2CCCO2)c2c[nH]c3ccccc23)cc1. The second-order valence-corrected chi connectivity index (χ2v) is 9.63. The maximum atomic E-state index is 12.7. The molecule has 2 atom stereocenters. The maximum Gasteiger partial charge on any atom is 0.211 e. The molecule has 6 nitrogen and oxygen atoms in total. The minimum absolute atomic E-state index is 0.0626. The quantitative estimate of drug-likeness (QED) is 0.543. The van der Waals surface area contributed by atoms with Gasteiger partial charge < -0.3 is 14.5 Å². The summed E-state index contributed by atoms with van der Waals surface area (Å²) in [4.78, 5) is 3.30. The summed E-state index contributed by atoms with van der Waals surface area (Å²) in [5.74, 6) is 0.735. The van der Waals surface area contributed by atoms with Crippen LogP contribution in [0.3, 0.4) is 0 Å². The van der Waals surface area contributed by atoms with E-state index < -0.39 is 10.0 Å². The van der Waals surface area contributed by atoms with Crippen molar-refractivity contribution in [3.8, 4) is 5.75 Å². The summed E-state index contributed by atoms with van der Waals surface area (Å²) in [6, 6.07) is 15.9. The third kappa shape index (κ3) is 4.86. The zero-order chi connectivity index (χ0) is 21.0. The van der Waals surface area contributed by atoms with Crippen molar-refractivity contribution in [2.75, 3.05) is 26.0 Å². The third-order valence-corrected chi connectivity index (χ3v) is 7.13. The first-order chi connectivity index (χ1) is 14.6. The Hall–Kier alpha value is -2.35. The summed E-state index contributed by atoms with van der Waals surface area (Å²) in [6.07, 6.45) is 4.53. The summed E-state index contributed by atoms with van der Waals surface area (Å²) in [7, 11) is -1.76. The summed E-state index contributed by atoms with van der Waals surface area (Å²) in [5.41, 5.74) is 3.13. The monoisotopic (exact) mass is 428 g/mol. The van der Waals surface area contributed by atoms with Gasteiger partial charge in [-0.05, 0) is 48.6 Å². The predicted octanol–water partition coefficient (Wildman–Crippen LogP) is 3.80. The second-order valence-electron chi connectivity index (χ2n) is 7.71. The minimum Gasteiger partial charge on any atom is -0.497 e. The van der Waals surface area contributed by atoms with Crippen molar-refractivity contribution in [2.45, 2.75) is 31.3 Å². The molecule has 4 rings (SSSR count). The Labute approximate surface area is 177 Å². The molecular weight excluding hydrogens is 400 g/mol. The molecule has 2 aromatic carbocycles. The Bertz CT molecular complexity index is 1070. The standard InChI is InChI=1S/C23H28N2O4S/c1-28-18-10-8-17(9-11-18)21(22-15-24-23-7-3-2-6-20(22)23)16-25-30(26,27)14-12-19-5-4-13-29-19/h2-3,6-11,15,19,21,24-25H,4-5,12-14,16H2,1H3/t19-,21-/m0/s1. The van der Waals surface area contributed by atoms with E-state index in [-0.39, 0.29) is 17.8 Å². The van der Waals surface area contributed by atoms with E-state index in [1.807, 2.05) is 48.7 Å². The number of methoxy groups -OCH3 is 1. The highest BCUT2D eigenvalue weighted by Crippen LogP contribution is 2.31. The largest absolute Gasteiger partial charge is 0.497 e. The molecule has 7 heteroatoms. The van der Waals surface area contributed by atoms with E-state index in [4.69, 9.17) is 9.47 Å². The zero-order valence-electron chi connectivity index (χ0n) is 17.1. The second kappa shape index (κ2) is 9.20. The minimum atomic E-state index is -3.39. The Morgan fingerprint density at radius 1 is 1.20 bits per heavy atom. The molecule has 0 spiro atoms. The fourth-order valence-corrected chi connectivity index (χ4v) is 5.21. The lowest BCUT2D eigenvalue weighted by Gasteiger charge is -2.19. The van der Waals surface area contributed by atoms with Gasteiger partial charge in [-0.15, -0.1) is 0 Å². The summed E-state index contributed by atoms with van der Waals surface area (Å²) in [5, 5.41) is 1.09. The molecule has 30 heavy (non-hydrogen) atoms. The van der Waals surface area contributed by atoms with Crippen LogP contribution in [0, 0.1) is 0 Å². The molecule has 0 radical (unpaired) electrons. The van der Waals surface area contributed by atoms with E-state index in [1.54, 1.807) is 7.11 Å². The van der Waals surface area contributed by atoms with Gasteiger partial charge in [0.25, 0.3) is 0 Å². The molecule has 2 N–H and O–H groups in total. The summed E-state index contributed by atoms with van der Waals surface area (Å²) < 4.78 is 39.0. The Morgan fingerprint density at radius 2 is 2.00 bits per heavy atom. The summed E-state index contributed by atoms with van der Waals surface area (Å²) in [6.45, 7) is 1.03. The van der Waals surface area contributed by atoms with Crippen LogP contribution in [0.5, 0.6) is 5.75 Å². The molecule has 0 bridgehead atoms. The molecule has 0 saturated carbocycles. The number of aromatic amines is 1. The van der Waals surface area contributed by atoms with Crippen LogP contribution in [0.25, 0.3) is 10.9 Å². The highest BCUT2D eigenvalue weighted by atomic mass is 32.2. The molecule has 160 valence electrons. The van der Waals surface area contributed by atoms with Gasteiger partial charge in [0.2, 0.25) is 10.0 Å². The highest BCUT2D eigenvalue weighted by Gasteiger charge is 2.23. The van der Waals surface area contributed by atoms with Gasteiger partial charge in [0.15, 0.2) is 0 Å². The highest BCUT2D eigenvalue weighted by molar-refractivity contribution is 7.89. The van der Waals surface area contributed by atoms with Crippen molar-refractivity contribution in [3.05, 3.63) is 65.9 Å². The van der Waals surface area contributed by atoms with Crippen molar-refractivity contribution in [2.24, 2.45) is 0 Å². The van der Waals surface area contributed by atoms with Crippen LogP contribution in [0.15, 0.2) is 54.7 Å². The molecule has 0 unspecified atom stereocenters. The van der Waals surface area contributed by atoms with Crippen LogP contribution in [0.4, 0.5) is 0 Å². The third-order valence-electron chi connectivity index (χ3n) is 5.75. The topological polar surface area (TPSA) is 80.4 Å². The molecule has 1 aliphatic heterocycles. The Kier molecular flexibility index (Phi) is 6.41. The van der Waals surface area contributed by atoms with Crippen LogP contribution in [-0.4, -0.2) is 45.5 Å². The number of nitrogens with one attached hydrogen (secondary N) is 2. The summed E-state index contributed by atoms with van der Waals surface area (Å²) >= 11 is 0. The van der Waals surface area contributed by atoms with Gasteiger partial charge in [-0.1, -0.05) is 30.3 Å². The van der Waals surface area contributed by atoms with Crippen LogP contribution in [-0.2, 0) is 14.8 Å². The number of ether oxygens (including phenoxy) is 2. The van der Waals surface area contributed by atoms with E-state index in [1.165, 1.54) is 0 Å². The van der Waals surface area contributed by atoms with E-state index in [0.29, 0.717) is 13.0 Å². The molecule has 3 aromatic rings. The van der Waals surface area contributed by atoms with Crippen molar-refractivity contribution in [1.29, 1.82) is 0 Å². The van der Waals surface area contributed by atoms with Crippen molar-refractivity contribution < 1.29 is 17.9 Å². The van der Waals surface area contributed by atoms with Crippen LogP contribution in [0.1, 0.15) is 36.3 Å². The molecule has 0 aliphatic carbocycles. The van der Waals surface area contributed by atoms with E-state index in [2.05, 4.69) is 15.8 Å². The van der Waals surface area contributed by atoms with Gasteiger partial charge in [-0.2, -0.15) is 0 Å². The van der Waals surface area contributed by atoms with E-state index in [9.17, 15) is 8.42 Å². The lowest BCUT2D eigenvalue weighted by Crippen LogP contribution is -2.32. The molecular formula is C23H28N2O4S. The van der Waals surface area contributed by atoms with Crippen molar-refractivity contribution in [1.82, 2.24) is 9.71 Å². The number of hydrogen-bond acceptors (Lipinski definition) is 4. The van der Waals surface area contributed by atoms with E-state index in [0.717, 1.165) is 47.2 Å². The fourth-order valence-electron chi connectivity index (χ4n) is 4.07. The molecule has 1 fully saturated rings. The van der Waals surface area contributed by atoms with Gasteiger partial charge in [-0.25, -0.2) is 13.1 Å². The zero-order valence-corrected chi connectivity index (χ0v) is 18.0. The number of benzene rings is 2. The lowest BCUT2D eigenvalue weighted by atomic mass is 9.91. The van der Waals surface area contributed by atoms with Gasteiger partial charge in [0.1, 0.15) is 5.75 Å². The van der Waals surface area contributed by atoms with Crippen LogP contribution in [0.2, 0.25) is 0 Å². The average molecular weight is 429 g/mol. The molecule has 1 aromatic heterocycles. The van der Waals surface area contributed by atoms with Crippen LogP contribution < -0.4 is 9.46 Å². The first kappa shape index (κ1) is 20.9. The number of aromatic nitrogens is 1. The lowest BCUT2D eigenvalue weighted by molar-refractivity contribution is 0.109.